The highest BCUT2D eigenvalue weighted by molar-refractivity contribution is 7.57. The highest BCUT2D eigenvalue weighted by Crippen LogP contribution is 2.38. The number of carbonyl (C=O) groups is 3. The largest absolute Gasteiger partial charge is 0.480 e. The second-order valence-corrected chi connectivity index (χ2v) is 10.4. The number of anilines is 1. The number of hydrogen-bond donors (Lipinski definition) is 5. The van der Waals surface area contributed by atoms with Gasteiger partial charge in [0.2, 0.25) is 0 Å². The Morgan fingerprint density at radius 1 is 1.29 bits per heavy atom. The van der Waals surface area contributed by atoms with Gasteiger partial charge in [-0.1, -0.05) is 23.2 Å². The minimum atomic E-state index is -3.10. The molecular weight excluding hydrogens is 476 g/mol. The molecule has 1 aromatic carbocycles. The van der Waals surface area contributed by atoms with Crippen molar-refractivity contribution in [3.63, 3.8) is 0 Å². The normalized spacial score (nSPS) is 20.7. The number of aliphatic carboxylic acids is 3. The molecule has 11 nitrogen and oxygen atoms in total. The molecule has 0 fully saturated rings. The third kappa shape index (κ3) is 7.48. The Morgan fingerprint density at radius 2 is 1.87 bits per heavy atom. The lowest BCUT2D eigenvalue weighted by Crippen LogP contribution is -2.47. The van der Waals surface area contributed by atoms with Crippen LogP contribution in [0.25, 0.3) is 0 Å². The summed E-state index contributed by atoms with van der Waals surface area (Å²) < 4.78 is 10.6. The van der Waals surface area contributed by atoms with E-state index in [1.54, 1.807) is 0 Å². The molecule has 2 rings (SSSR count). The van der Waals surface area contributed by atoms with Crippen LogP contribution in [-0.2, 0) is 18.9 Å². The van der Waals surface area contributed by atoms with Crippen molar-refractivity contribution in [3.8, 4) is 0 Å². The zero-order valence-corrected chi connectivity index (χ0v) is 18.9. The molecule has 0 saturated carbocycles. The van der Waals surface area contributed by atoms with Crippen LogP contribution >= 0.6 is 30.6 Å². The van der Waals surface area contributed by atoms with Gasteiger partial charge >= 0.3 is 17.9 Å². The van der Waals surface area contributed by atoms with Crippen LogP contribution in [0, 0.1) is 0 Å². The molecule has 0 spiro atoms. The van der Waals surface area contributed by atoms with E-state index in [-0.39, 0.29) is 35.4 Å². The van der Waals surface area contributed by atoms with Gasteiger partial charge in [0.15, 0.2) is 12.9 Å². The molecule has 6 N–H and O–H groups in total. The molecule has 1 aromatic rings. The number of nitrogens with two attached hydrogens (primary N) is 1. The lowest BCUT2D eigenvalue weighted by atomic mass is 9.95. The number of rotatable bonds is 7. The molecule has 14 heteroatoms. The molecule has 1 heterocycles. The van der Waals surface area contributed by atoms with Crippen molar-refractivity contribution in [2.75, 3.05) is 17.8 Å². The van der Waals surface area contributed by atoms with Crippen LogP contribution in [0.2, 0.25) is 10.0 Å². The van der Waals surface area contributed by atoms with Crippen molar-refractivity contribution in [1.82, 2.24) is 0 Å². The van der Waals surface area contributed by atoms with Gasteiger partial charge in [-0.3, -0.25) is 9.36 Å². The van der Waals surface area contributed by atoms with Crippen molar-refractivity contribution < 1.29 is 39.2 Å². The summed E-state index contributed by atoms with van der Waals surface area (Å²) in [4.78, 5) is 41.4. The summed E-state index contributed by atoms with van der Waals surface area (Å²) in [5, 5.41) is 32.2. The fourth-order valence-corrected chi connectivity index (χ4v) is 3.67. The van der Waals surface area contributed by atoms with E-state index in [0.29, 0.717) is 5.02 Å². The number of carboxylic acids is 3. The van der Waals surface area contributed by atoms with Crippen molar-refractivity contribution in [2.45, 2.75) is 31.3 Å². The van der Waals surface area contributed by atoms with Gasteiger partial charge in [0.05, 0.1) is 10.7 Å². The average Bonchev–Trinajstić information content (AvgIpc) is 2.99. The number of hydrogen-bond acceptors (Lipinski definition) is 7. The summed E-state index contributed by atoms with van der Waals surface area (Å²) in [6.07, 6.45) is -0.225. The summed E-state index contributed by atoms with van der Waals surface area (Å²) in [6, 6.07) is 3.43. The standard InChI is InChI=1S/C12H10Cl2N2O4.C5H12NO4P/c1-12(11(19)20)5-8(10(17)18)15-16(12)9-3-2-6(13)4-7(9)14;1-11(9,10)3-2-4(6)5(7)8/h2-4H,5H2,1H3,(H,17,18)(H,19,20);4H,2-3,6H2,1H3,(H,7,8)(H,9,10). The van der Waals surface area contributed by atoms with E-state index < -0.39 is 36.9 Å². The Bertz CT molecular complexity index is 951. The fourth-order valence-electron chi connectivity index (χ4n) is 2.43. The van der Waals surface area contributed by atoms with E-state index in [1.165, 1.54) is 31.8 Å². The van der Waals surface area contributed by atoms with Gasteiger partial charge in [0.1, 0.15) is 11.8 Å². The summed E-state index contributed by atoms with van der Waals surface area (Å²) >= 11 is 11.8. The van der Waals surface area contributed by atoms with Gasteiger partial charge in [-0.05, 0) is 31.5 Å². The second kappa shape index (κ2) is 10.4. The third-order valence-electron chi connectivity index (χ3n) is 4.22. The van der Waals surface area contributed by atoms with Gasteiger partial charge in [0.25, 0.3) is 0 Å². The van der Waals surface area contributed by atoms with Crippen LogP contribution in [0.4, 0.5) is 5.69 Å². The molecule has 31 heavy (non-hydrogen) atoms. The third-order valence-corrected chi connectivity index (χ3v) is 5.84. The molecule has 172 valence electrons. The highest BCUT2D eigenvalue weighted by Gasteiger charge is 2.48. The summed E-state index contributed by atoms with van der Waals surface area (Å²) in [5.41, 5.74) is 3.64. The van der Waals surface area contributed by atoms with Crippen molar-refractivity contribution in [1.29, 1.82) is 0 Å². The quantitative estimate of drug-likeness (QED) is 0.348. The van der Waals surface area contributed by atoms with E-state index in [4.69, 9.17) is 44.0 Å². The predicted octanol–water partition coefficient (Wildman–Crippen LogP) is 2.18. The van der Waals surface area contributed by atoms with Gasteiger partial charge < -0.3 is 25.9 Å². The first kappa shape index (κ1) is 26.9. The van der Waals surface area contributed by atoms with Crippen LogP contribution in [0.15, 0.2) is 23.3 Å². The molecule has 3 unspecified atom stereocenters. The summed E-state index contributed by atoms with van der Waals surface area (Å²) in [7, 11) is -3.10. The maximum atomic E-state index is 11.5. The molecule has 0 radical (unpaired) electrons. The number of benzene rings is 1. The predicted molar refractivity (Wildman–Crippen MR) is 116 cm³/mol. The Kier molecular flexibility index (Phi) is 9.04. The first-order chi connectivity index (χ1) is 14.1. The van der Waals surface area contributed by atoms with E-state index in [1.807, 2.05) is 0 Å². The molecule has 0 saturated heterocycles. The fraction of sp³-hybridized carbons (Fsp3) is 0.412. The molecule has 1 aliphatic heterocycles. The van der Waals surface area contributed by atoms with E-state index in [2.05, 4.69) is 5.10 Å². The monoisotopic (exact) mass is 497 g/mol. The Hall–Kier alpha value is -2.17. The highest BCUT2D eigenvalue weighted by atomic mass is 35.5. The number of carboxylic acid groups (broad SMARTS) is 3. The van der Waals surface area contributed by atoms with Gasteiger partial charge in [-0.25, -0.2) is 14.6 Å². The summed E-state index contributed by atoms with van der Waals surface area (Å²) in [6.45, 7) is 2.57. The molecule has 3 atom stereocenters. The topological polar surface area (TPSA) is 191 Å². The molecule has 0 bridgehead atoms. The zero-order valence-electron chi connectivity index (χ0n) is 16.5. The lowest BCUT2D eigenvalue weighted by molar-refractivity contribution is -0.142. The zero-order chi connectivity index (χ0) is 24.1. The minimum absolute atomic E-state index is 0.0412. The van der Waals surface area contributed by atoms with Crippen molar-refractivity contribution in [2.24, 2.45) is 10.8 Å². The Morgan fingerprint density at radius 3 is 2.29 bits per heavy atom. The van der Waals surface area contributed by atoms with Crippen LogP contribution in [0.3, 0.4) is 0 Å². The van der Waals surface area contributed by atoms with Crippen molar-refractivity contribution >= 4 is 59.9 Å². The second-order valence-electron chi connectivity index (χ2n) is 7.02. The molecule has 0 aliphatic carbocycles. The number of nitrogens with zero attached hydrogens (tertiary/aromatic N) is 2. The van der Waals surface area contributed by atoms with Gasteiger partial charge in [0, 0.05) is 24.3 Å². The minimum Gasteiger partial charge on any atom is -0.480 e. The molecule has 0 aromatic heterocycles. The van der Waals surface area contributed by atoms with E-state index in [9.17, 15) is 24.1 Å². The van der Waals surface area contributed by atoms with Gasteiger partial charge in [-0.2, -0.15) is 5.10 Å². The van der Waals surface area contributed by atoms with Crippen LogP contribution in [-0.4, -0.2) is 68.2 Å². The lowest BCUT2D eigenvalue weighted by Gasteiger charge is -2.30. The van der Waals surface area contributed by atoms with Crippen molar-refractivity contribution in [3.05, 3.63) is 28.2 Å². The smallest absolute Gasteiger partial charge is 0.352 e. The first-order valence-electron chi connectivity index (χ1n) is 8.65. The van der Waals surface area contributed by atoms with Crippen LogP contribution < -0.4 is 10.7 Å². The van der Waals surface area contributed by atoms with Crippen LogP contribution in [0.1, 0.15) is 19.8 Å². The number of hydrazone groups is 1. The SMILES string of the molecule is CC1(C(=O)O)CC(C(=O)O)=NN1c1ccc(Cl)cc1Cl.CP(=O)(O)CCC(N)C(=O)O. The van der Waals surface area contributed by atoms with E-state index in [0.717, 1.165) is 5.01 Å². The average molecular weight is 498 g/mol. The maximum Gasteiger partial charge on any atom is 0.352 e. The summed E-state index contributed by atoms with van der Waals surface area (Å²) in [5.74, 6) is -3.59. The molecule has 1 aliphatic rings. The number of halogens is 2. The first-order valence-corrected chi connectivity index (χ1v) is 11.7. The van der Waals surface area contributed by atoms with Gasteiger partial charge in [-0.15, -0.1) is 0 Å². The molecular formula is C17H22Cl2N3O8P. The maximum absolute atomic E-state index is 11.5. The van der Waals surface area contributed by atoms with Crippen LogP contribution in [0.5, 0.6) is 0 Å². The Labute approximate surface area is 187 Å². The van der Waals surface area contributed by atoms with E-state index >= 15 is 0 Å². The molecule has 0 amide bonds. The Balaban J connectivity index is 0.000000373.